The van der Waals surface area contributed by atoms with Crippen molar-refractivity contribution in [1.82, 2.24) is 10.6 Å². The molecular weight excluding hydrogens is 257 g/mol. The minimum Gasteiger partial charge on any atom is -0.369 e. The van der Waals surface area contributed by atoms with E-state index in [1.165, 1.54) is 6.07 Å². The minimum absolute atomic E-state index is 0.0745. The van der Waals surface area contributed by atoms with Crippen LogP contribution >= 0.6 is 0 Å². The monoisotopic (exact) mass is 279 g/mol. The molecule has 0 aliphatic carbocycles. The first-order valence-corrected chi connectivity index (χ1v) is 7.13. The first-order chi connectivity index (χ1) is 9.69. The zero-order valence-corrected chi connectivity index (χ0v) is 11.9. The topological polar surface area (TPSA) is 44.4 Å². The van der Waals surface area contributed by atoms with Gasteiger partial charge >= 0.3 is 0 Å². The van der Waals surface area contributed by atoms with Gasteiger partial charge < -0.3 is 15.5 Å². The fourth-order valence-corrected chi connectivity index (χ4v) is 2.54. The number of hydrogen-bond acceptors (Lipinski definition) is 3. The van der Waals surface area contributed by atoms with Crippen LogP contribution in [0, 0.1) is 5.82 Å². The number of halogens is 1. The van der Waals surface area contributed by atoms with Crippen LogP contribution in [0.5, 0.6) is 0 Å². The molecule has 1 aromatic rings. The number of carbonyl (C=O) groups excluding carboxylic acids is 1. The zero-order valence-electron chi connectivity index (χ0n) is 11.9. The summed E-state index contributed by atoms with van der Waals surface area (Å²) in [4.78, 5) is 13.9. The van der Waals surface area contributed by atoms with E-state index in [9.17, 15) is 9.18 Å². The fraction of sp³-hybridized carbons (Fsp3) is 0.533. The van der Waals surface area contributed by atoms with Crippen LogP contribution in [0.15, 0.2) is 24.3 Å². The molecule has 2 rings (SSSR count). The second-order valence-corrected chi connectivity index (χ2v) is 5.19. The molecule has 0 saturated carbocycles. The average Bonchev–Trinajstić information content (AvgIpc) is 2.45. The van der Waals surface area contributed by atoms with Crippen LogP contribution in [0.2, 0.25) is 0 Å². The van der Waals surface area contributed by atoms with Crippen molar-refractivity contribution in [3.05, 3.63) is 30.1 Å². The molecule has 1 atom stereocenters. The fourth-order valence-electron chi connectivity index (χ4n) is 2.54. The predicted octanol–water partition coefficient (Wildman–Crippen LogP) is 1.52. The van der Waals surface area contributed by atoms with Crippen LogP contribution < -0.4 is 15.5 Å². The van der Waals surface area contributed by atoms with E-state index in [0.717, 1.165) is 31.6 Å². The maximum absolute atomic E-state index is 13.3. The lowest BCUT2D eigenvalue weighted by atomic mass is 10.0. The first-order valence-electron chi connectivity index (χ1n) is 7.13. The summed E-state index contributed by atoms with van der Waals surface area (Å²) in [6, 6.07) is 6.78. The maximum Gasteiger partial charge on any atom is 0.221 e. The number of nitrogens with one attached hydrogen (secondary N) is 2. The van der Waals surface area contributed by atoms with Crippen molar-refractivity contribution in [1.29, 1.82) is 0 Å². The lowest BCUT2D eigenvalue weighted by Gasteiger charge is -2.34. The van der Waals surface area contributed by atoms with Crippen molar-refractivity contribution in [2.45, 2.75) is 25.3 Å². The van der Waals surface area contributed by atoms with E-state index in [-0.39, 0.29) is 17.8 Å². The van der Waals surface area contributed by atoms with Crippen molar-refractivity contribution < 1.29 is 9.18 Å². The summed E-state index contributed by atoms with van der Waals surface area (Å²) in [6.45, 7) is 2.34. The molecule has 20 heavy (non-hydrogen) atoms. The van der Waals surface area contributed by atoms with Gasteiger partial charge in [0.2, 0.25) is 5.91 Å². The molecule has 4 nitrogen and oxygen atoms in total. The molecule has 1 heterocycles. The van der Waals surface area contributed by atoms with E-state index < -0.39 is 0 Å². The molecule has 1 fully saturated rings. The predicted molar refractivity (Wildman–Crippen MR) is 78.3 cm³/mol. The van der Waals surface area contributed by atoms with Crippen LogP contribution in [0.1, 0.15) is 19.3 Å². The number of hydrogen-bond donors (Lipinski definition) is 2. The van der Waals surface area contributed by atoms with E-state index in [4.69, 9.17) is 0 Å². The maximum atomic E-state index is 13.3. The molecule has 0 aromatic heterocycles. The number of piperidine rings is 1. The third kappa shape index (κ3) is 4.20. The number of anilines is 1. The standard InChI is InChI=1S/C15H22FN3O/c1-17-8-7-15(20)18-13-5-3-9-19(11-13)14-6-2-4-12(16)10-14/h2,4,6,10,13,17H,3,5,7-9,11H2,1H3,(H,18,20). The summed E-state index contributed by atoms with van der Waals surface area (Å²) < 4.78 is 13.3. The SMILES string of the molecule is CNCCC(=O)NC1CCCN(c2cccc(F)c2)C1. The smallest absolute Gasteiger partial charge is 0.221 e. The van der Waals surface area contributed by atoms with Crippen molar-refractivity contribution >= 4 is 11.6 Å². The highest BCUT2D eigenvalue weighted by molar-refractivity contribution is 5.76. The summed E-state index contributed by atoms with van der Waals surface area (Å²) in [6.07, 6.45) is 2.48. The zero-order chi connectivity index (χ0) is 14.4. The molecule has 2 N–H and O–H groups in total. The highest BCUT2D eigenvalue weighted by Crippen LogP contribution is 2.20. The summed E-state index contributed by atoms with van der Waals surface area (Å²) in [7, 11) is 1.83. The highest BCUT2D eigenvalue weighted by Gasteiger charge is 2.21. The molecule has 0 bridgehead atoms. The molecule has 1 saturated heterocycles. The molecule has 1 aromatic carbocycles. The molecule has 0 radical (unpaired) electrons. The van der Waals surface area contributed by atoms with E-state index in [2.05, 4.69) is 15.5 Å². The van der Waals surface area contributed by atoms with Gasteiger partial charge in [0.05, 0.1) is 0 Å². The second kappa shape index (κ2) is 7.24. The van der Waals surface area contributed by atoms with Crippen LogP contribution in [0.25, 0.3) is 0 Å². The largest absolute Gasteiger partial charge is 0.369 e. The molecule has 110 valence electrons. The Hall–Kier alpha value is -1.62. The summed E-state index contributed by atoms with van der Waals surface area (Å²) in [5.41, 5.74) is 0.888. The van der Waals surface area contributed by atoms with E-state index in [1.807, 2.05) is 13.1 Å². The Labute approximate surface area is 119 Å². The van der Waals surface area contributed by atoms with E-state index >= 15 is 0 Å². The van der Waals surface area contributed by atoms with Crippen LogP contribution in [-0.4, -0.2) is 38.6 Å². The van der Waals surface area contributed by atoms with Gasteiger partial charge in [0, 0.05) is 37.8 Å². The molecule has 5 heteroatoms. The number of rotatable bonds is 5. The highest BCUT2D eigenvalue weighted by atomic mass is 19.1. The van der Waals surface area contributed by atoms with Crippen molar-refractivity contribution in [3.8, 4) is 0 Å². The van der Waals surface area contributed by atoms with Crippen molar-refractivity contribution in [2.75, 3.05) is 31.6 Å². The van der Waals surface area contributed by atoms with Crippen LogP contribution in [-0.2, 0) is 4.79 Å². The Morgan fingerprint density at radius 1 is 1.50 bits per heavy atom. The van der Waals surface area contributed by atoms with Crippen LogP contribution in [0.3, 0.4) is 0 Å². The number of nitrogens with zero attached hydrogens (tertiary/aromatic N) is 1. The van der Waals surface area contributed by atoms with Gasteiger partial charge in [-0.2, -0.15) is 0 Å². The third-order valence-corrected chi connectivity index (χ3v) is 3.56. The Kier molecular flexibility index (Phi) is 5.35. The number of carbonyl (C=O) groups is 1. The van der Waals surface area contributed by atoms with Gasteiger partial charge in [0.25, 0.3) is 0 Å². The Morgan fingerprint density at radius 3 is 3.10 bits per heavy atom. The Balaban J connectivity index is 1.90. The van der Waals surface area contributed by atoms with Gasteiger partial charge in [-0.25, -0.2) is 4.39 Å². The average molecular weight is 279 g/mol. The van der Waals surface area contributed by atoms with E-state index in [1.54, 1.807) is 12.1 Å². The van der Waals surface area contributed by atoms with Gasteiger partial charge in [-0.3, -0.25) is 4.79 Å². The minimum atomic E-state index is -0.220. The van der Waals surface area contributed by atoms with Crippen molar-refractivity contribution in [3.63, 3.8) is 0 Å². The molecule has 1 unspecified atom stereocenters. The Bertz CT molecular complexity index is 452. The molecule has 0 spiro atoms. The molecule has 1 amide bonds. The van der Waals surface area contributed by atoms with Gasteiger partial charge in [-0.1, -0.05) is 6.07 Å². The number of amides is 1. The lowest BCUT2D eigenvalue weighted by molar-refractivity contribution is -0.121. The van der Waals surface area contributed by atoms with Crippen molar-refractivity contribution in [2.24, 2.45) is 0 Å². The quantitative estimate of drug-likeness (QED) is 0.859. The summed E-state index contributed by atoms with van der Waals surface area (Å²) in [5.74, 6) is -0.145. The first kappa shape index (κ1) is 14.8. The number of benzene rings is 1. The van der Waals surface area contributed by atoms with Gasteiger partial charge in [-0.05, 0) is 38.1 Å². The molecule has 1 aliphatic heterocycles. The Morgan fingerprint density at radius 2 is 2.35 bits per heavy atom. The molecular formula is C15H22FN3O. The summed E-state index contributed by atoms with van der Waals surface area (Å²) >= 11 is 0. The second-order valence-electron chi connectivity index (χ2n) is 5.19. The summed E-state index contributed by atoms with van der Waals surface area (Å²) in [5, 5.41) is 6.02. The van der Waals surface area contributed by atoms with Gasteiger partial charge in [0.1, 0.15) is 5.82 Å². The van der Waals surface area contributed by atoms with Gasteiger partial charge in [-0.15, -0.1) is 0 Å². The van der Waals surface area contributed by atoms with Crippen LogP contribution in [0.4, 0.5) is 10.1 Å². The lowest BCUT2D eigenvalue weighted by Crippen LogP contribution is -2.48. The normalized spacial score (nSPS) is 18.9. The van der Waals surface area contributed by atoms with E-state index in [0.29, 0.717) is 13.0 Å². The van der Waals surface area contributed by atoms with Gasteiger partial charge in [0.15, 0.2) is 0 Å². The molecule has 1 aliphatic rings. The third-order valence-electron chi connectivity index (χ3n) is 3.56.